The SMILES string of the molecule is C=CCNC(=O)c1cc(S(=O)(=O)N(C)C)ccc1N1CCCC1. The zero-order valence-corrected chi connectivity index (χ0v) is 14.4. The molecule has 0 unspecified atom stereocenters. The zero-order valence-electron chi connectivity index (χ0n) is 13.6. The van der Waals surface area contributed by atoms with Crippen LogP contribution in [0, 0.1) is 0 Å². The molecule has 1 aliphatic heterocycles. The van der Waals surface area contributed by atoms with E-state index in [1.165, 1.54) is 20.2 Å². The van der Waals surface area contributed by atoms with Crippen molar-refractivity contribution in [2.45, 2.75) is 17.7 Å². The lowest BCUT2D eigenvalue weighted by Gasteiger charge is -2.22. The highest BCUT2D eigenvalue weighted by Gasteiger charge is 2.24. The Kier molecular flexibility index (Phi) is 5.43. The number of nitrogens with zero attached hydrogens (tertiary/aromatic N) is 2. The topological polar surface area (TPSA) is 69.7 Å². The molecule has 0 aromatic heterocycles. The summed E-state index contributed by atoms with van der Waals surface area (Å²) in [4.78, 5) is 14.7. The van der Waals surface area contributed by atoms with E-state index in [0.717, 1.165) is 35.9 Å². The molecule has 0 radical (unpaired) electrons. The van der Waals surface area contributed by atoms with Crippen molar-refractivity contribution in [2.24, 2.45) is 0 Å². The molecule has 1 N–H and O–H groups in total. The van der Waals surface area contributed by atoms with Gasteiger partial charge in [-0.3, -0.25) is 4.79 Å². The summed E-state index contributed by atoms with van der Waals surface area (Å²) >= 11 is 0. The molecule has 1 aromatic rings. The van der Waals surface area contributed by atoms with Gasteiger partial charge in [0, 0.05) is 39.4 Å². The highest BCUT2D eigenvalue weighted by molar-refractivity contribution is 7.89. The summed E-state index contributed by atoms with van der Waals surface area (Å²) in [7, 11) is -0.632. The van der Waals surface area contributed by atoms with Crippen LogP contribution in [0.15, 0.2) is 35.7 Å². The molecule has 1 amide bonds. The molecule has 0 saturated carbocycles. The van der Waals surface area contributed by atoms with Crippen molar-refractivity contribution in [3.63, 3.8) is 0 Å². The average molecular weight is 337 g/mol. The fourth-order valence-electron chi connectivity index (χ4n) is 2.56. The molecule has 1 heterocycles. The van der Waals surface area contributed by atoms with Gasteiger partial charge in [0.15, 0.2) is 0 Å². The quantitative estimate of drug-likeness (QED) is 0.798. The number of carbonyl (C=O) groups is 1. The molecule has 7 heteroatoms. The first kappa shape index (κ1) is 17.5. The summed E-state index contributed by atoms with van der Waals surface area (Å²) in [6, 6.07) is 4.75. The van der Waals surface area contributed by atoms with E-state index in [1.54, 1.807) is 18.2 Å². The van der Waals surface area contributed by atoms with Gasteiger partial charge in [-0.25, -0.2) is 12.7 Å². The van der Waals surface area contributed by atoms with Crippen molar-refractivity contribution in [2.75, 3.05) is 38.6 Å². The van der Waals surface area contributed by atoms with Crippen LogP contribution in [-0.2, 0) is 10.0 Å². The first-order valence-corrected chi connectivity index (χ1v) is 9.02. The van der Waals surface area contributed by atoms with Gasteiger partial charge in [-0.1, -0.05) is 6.08 Å². The van der Waals surface area contributed by atoms with Crippen molar-refractivity contribution in [1.82, 2.24) is 9.62 Å². The van der Waals surface area contributed by atoms with E-state index in [2.05, 4.69) is 16.8 Å². The molecule has 1 saturated heterocycles. The lowest BCUT2D eigenvalue weighted by atomic mass is 10.1. The average Bonchev–Trinajstić information content (AvgIpc) is 3.06. The summed E-state index contributed by atoms with van der Waals surface area (Å²) in [6.45, 7) is 5.67. The van der Waals surface area contributed by atoms with Gasteiger partial charge in [0.2, 0.25) is 10.0 Å². The molecule has 126 valence electrons. The molecular formula is C16H23N3O3S. The first-order chi connectivity index (χ1) is 10.9. The number of anilines is 1. The van der Waals surface area contributed by atoms with E-state index >= 15 is 0 Å². The Bertz CT molecular complexity index is 693. The highest BCUT2D eigenvalue weighted by atomic mass is 32.2. The monoisotopic (exact) mass is 337 g/mol. The van der Waals surface area contributed by atoms with E-state index in [9.17, 15) is 13.2 Å². The van der Waals surface area contributed by atoms with E-state index in [4.69, 9.17) is 0 Å². The second-order valence-electron chi connectivity index (χ2n) is 5.66. The van der Waals surface area contributed by atoms with E-state index < -0.39 is 10.0 Å². The molecule has 0 bridgehead atoms. The minimum absolute atomic E-state index is 0.120. The van der Waals surface area contributed by atoms with Crippen LogP contribution < -0.4 is 10.2 Å². The number of carbonyl (C=O) groups excluding carboxylic acids is 1. The third kappa shape index (κ3) is 3.73. The van der Waals surface area contributed by atoms with Gasteiger partial charge >= 0.3 is 0 Å². The third-order valence-corrected chi connectivity index (χ3v) is 5.66. The predicted octanol–water partition coefficient (Wildman–Crippen LogP) is 1.45. The third-order valence-electron chi connectivity index (χ3n) is 3.84. The lowest BCUT2D eigenvalue weighted by molar-refractivity contribution is 0.0958. The van der Waals surface area contributed by atoms with Crippen molar-refractivity contribution in [1.29, 1.82) is 0 Å². The largest absolute Gasteiger partial charge is 0.371 e. The Labute approximate surface area is 137 Å². The van der Waals surface area contributed by atoms with Crippen LogP contribution in [0.5, 0.6) is 0 Å². The number of hydrogen-bond acceptors (Lipinski definition) is 4. The van der Waals surface area contributed by atoms with Gasteiger partial charge in [-0.2, -0.15) is 0 Å². The highest BCUT2D eigenvalue weighted by Crippen LogP contribution is 2.28. The van der Waals surface area contributed by atoms with Gasteiger partial charge in [-0.15, -0.1) is 6.58 Å². The number of rotatable bonds is 6. The number of sulfonamides is 1. The number of amides is 1. The predicted molar refractivity (Wildman–Crippen MR) is 91.3 cm³/mol. The fraction of sp³-hybridized carbons (Fsp3) is 0.438. The Morgan fingerprint density at radius 3 is 2.57 bits per heavy atom. The van der Waals surface area contributed by atoms with Crippen LogP contribution in [0.2, 0.25) is 0 Å². The molecule has 23 heavy (non-hydrogen) atoms. The fourth-order valence-corrected chi connectivity index (χ4v) is 3.49. The second kappa shape index (κ2) is 7.14. The maximum Gasteiger partial charge on any atom is 0.253 e. The first-order valence-electron chi connectivity index (χ1n) is 7.58. The second-order valence-corrected chi connectivity index (χ2v) is 7.81. The molecule has 2 rings (SSSR count). The standard InChI is InChI=1S/C16H23N3O3S/c1-4-9-17-16(20)14-12-13(23(21,22)18(2)3)7-8-15(14)19-10-5-6-11-19/h4,7-8,12H,1,5-6,9-11H2,2-3H3,(H,17,20). The van der Waals surface area contributed by atoms with Gasteiger partial charge in [0.1, 0.15) is 0 Å². The van der Waals surface area contributed by atoms with Gasteiger partial charge in [0.25, 0.3) is 5.91 Å². The number of hydrogen-bond donors (Lipinski definition) is 1. The summed E-state index contributed by atoms with van der Waals surface area (Å²) in [5, 5.41) is 2.73. The van der Waals surface area contributed by atoms with Crippen LogP contribution in [0.3, 0.4) is 0 Å². The molecule has 0 spiro atoms. The Morgan fingerprint density at radius 2 is 2.00 bits per heavy atom. The van der Waals surface area contributed by atoms with E-state index in [1.807, 2.05) is 0 Å². The molecule has 1 fully saturated rings. The van der Waals surface area contributed by atoms with Gasteiger partial charge < -0.3 is 10.2 Å². The van der Waals surface area contributed by atoms with Gasteiger partial charge in [-0.05, 0) is 31.0 Å². The maximum atomic E-state index is 12.4. The van der Waals surface area contributed by atoms with Crippen LogP contribution in [0.4, 0.5) is 5.69 Å². The van der Waals surface area contributed by atoms with E-state index in [0.29, 0.717) is 12.1 Å². The minimum atomic E-state index is -3.58. The molecule has 0 atom stereocenters. The molecular weight excluding hydrogens is 314 g/mol. The smallest absolute Gasteiger partial charge is 0.253 e. The molecule has 1 aromatic carbocycles. The summed E-state index contributed by atoms with van der Waals surface area (Å²) in [5.74, 6) is -0.289. The Hall–Kier alpha value is -1.86. The van der Waals surface area contributed by atoms with Crippen LogP contribution in [-0.4, -0.2) is 52.4 Å². The van der Waals surface area contributed by atoms with Crippen LogP contribution in [0.1, 0.15) is 23.2 Å². The molecule has 6 nitrogen and oxygen atoms in total. The van der Waals surface area contributed by atoms with Crippen molar-refractivity contribution in [3.8, 4) is 0 Å². The number of nitrogens with one attached hydrogen (secondary N) is 1. The van der Waals surface area contributed by atoms with Gasteiger partial charge in [0.05, 0.1) is 10.5 Å². The van der Waals surface area contributed by atoms with Crippen LogP contribution in [0.25, 0.3) is 0 Å². The Morgan fingerprint density at radius 1 is 1.35 bits per heavy atom. The maximum absolute atomic E-state index is 12.4. The minimum Gasteiger partial charge on any atom is -0.371 e. The summed E-state index contributed by atoms with van der Waals surface area (Å²) in [5.41, 5.74) is 1.17. The summed E-state index contributed by atoms with van der Waals surface area (Å²) in [6.07, 6.45) is 3.74. The Balaban J connectivity index is 2.47. The summed E-state index contributed by atoms with van der Waals surface area (Å²) < 4.78 is 25.8. The van der Waals surface area contributed by atoms with Crippen molar-refractivity contribution < 1.29 is 13.2 Å². The zero-order chi connectivity index (χ0) is 17.0. The van der Waals surface area contributed by atoms with Crippen LogP contribution >= 0.6 is 0 Å². The van der Waals surface area contributed by atoms with Crippen molar-refractivity contribution >= 4 is 21.6 Å². The van der Waals surface area contributed by atoms with Crippen molar-refractivity contribution in [3.05, 3.63) is 36.4 Å². The number of benzene rings is 1. The molecule has 0 aliphatic carbocycles. The van der Waals surface area contributed by atoms with E-state index in [-0.39, 0.29) is 10.8 Å². The molecule has 1 aliphatic rings. The lowest BCUT2D eigenvalue weighted by Crippen LogP contribution is -2.28. The normalized spacial score (nSPS) is 15.0.